The van der Waals surface area contributed by atoms with Gasteiger partial charge in [0.05, 0.1) is 18.7 Å². The van der Waals surface area contributed by atoms with E-state index in [2.05, 4.69) is 0 Å². The minimum Gasteiger partial charge on any atom is -0.494 e. The smallest absolute Gasteiger partial charge is 0.323 e. The van der Waals surface area contributed by atoms with Crippen LogP contribution in [0, 0.1) is 30.2 Å². The van der Waals surface area contributed by atoms with Crippen LogP contribution in [0.1, 0.15) is 48.1 Å². The van der Waals surface area contributed by atoms with Crippen LogP contribution in [0.4, 0.5) is 17.6 Å². The molecule has 2 N–H and O–H groups in total. The topological polar surface area (TPSA) is 98.0 Å². The van der Waals surface area contributed by atoms with E-state index >= 15 is 4.39 Å². The van der Waals surface area contributed by atoms with Crippen LogP contribution >= 0.6 is 0 Å². The van der Waals surface area contributed by atoms with E-state index in [1.165, 1.54) is 6.07 Å². The Morgan fingerprint density at radius 1 is 0.818 bits per heavy atom. The number of carboxylic acid groups (broad SMARTS) is 2. The number of ether oxygens (including phenoxy) is 2. The Labute approximate surface area is 251 Å². The Kier molecular flexibility index (Phi) is 10.6. The highest BCUT2D eigenvalue weighted by atomic mass is 19.1. The fraction of sp³-hybridized carbons (Fsp3) is 0.273. The van der Waals surface area contributed by atoms with Gasteiger partial charge in [0.1, 0.15) is 23.9 Å². The quantitative estimate of drug-likeness (QED) is 0.0824. The summed E-state index contributed by atoms with van der Waals surface area (Å²) in [6, 6.07) is 11.2. The minimum atomic E-state index is -1.10. The normalized spacial score (nSPS) is 11.4. The van der Waals surface area contributed by atoms with Gasteiger partial charge in [0.25, 0.3) is 0 Å². The number of rotatable bonds is 15. The molecule has 7 nitrogen and oxygen atoms in total. The van der Waals surface area contributed by atoms with Crippen molar-refractivity contribution in [2.45, 2.75) is 45.6 Å². The van der Waals surface area contributed by atoms with E-state index in [1.807, 2.05) is 12.1 Å². The number of halogens is 4. The molecule has 0 saturated carbocycles. The van der Waals surface area contributed by atoms with Gasteiger partial charge in [-0.15, -0.1) is 0 Å². The van der Waals surface area contributed by atoms with Gasteiger partial charge in [-0.05, 0) is 73.6 Å². The van der Waals surface area contributed by atoms with E-state index in [0.29, 0.717) is 77.9 Å². The van der Waals surface area contributed by atoms with Crippen LogP contribution in [0.15, 0.2) is 48.5 Å². The number of hydrogen-bond acceptors (Lipinski definition) is 4. The van der Waals surface area contributed by atoms with Gasteiger partial charge in [0.2, 0.25) is 0 Å². The van der Waals surface area contributed by atoms with Crippen molar-refractivity contribution in [3.63, 3.8) is 0 Å². The number of carbonyl (C=O) groups is 2. The average molecular weight is 614 g/mol. The van der Waals surface area contributed by atoms with Crippen molar-refractivity contribution in [2.75, 3.05) is 13.2 Å². The molecule has 0 aliphatic heterocycles. The first-order chi connectivity index (χ1) is 21.0. The number of unbranched alkanes of at least 4 members (excludes halogenated alkanes) is 1. The Hall–Kier alpha value is -4.80. The Balaban J connectivity index is 1.40. The molecule has 0 unspecified atom stereocenters. The summed E-state index contributed by atoms with van der Waals surface area (Å²) in [4.78, 5) is 22.6. The first-order valence-corrected chi connectivity index (χ1v) is 14.0. The molecular formula is C33H31F4NO6. The van der Waals surface area contributed by atoms with E-state index in [-0.39, 0.29) is 19.6 Å². The number of nitrogens with zero attached hydrogens (tertiary/aromatic N) is 1. The molecule has 0 aliphatic carbocycles. The van der Waals surface area contributed by atoms with Gasteiger partial charge in [-0.25, -0.2) is 17.6 Å². The second-order valence-electron chi connectivity index (χ2n) is 10.2. The molecule has 11 heteroatoms. The van der Waals surface area contributed by atoms with Crippen molar-refractivity contribution in [3.8, 4) is 11.5 Å². The average Bonchev–Trinajstić information content (AvgIpc) is 3.23. The Morgan fingerprint density at radius 2 is 1.48 bits per heavy atom. The molecule has 1 heterocycles. The highest BCUT2D eigenvalue weighted by Gasteiger charge is 2.21. The van der Waals surface area contributed by atoms with Gasteiger partial charge in [-0.1, -0.05) is 24.3 Å². The van der Waals surface area contributed by atoms with Crippen LogP contribution in [-0.4, -0.2) is 39.9 Å². The van der Waals surface area contributed by atoms with E-state index in [1.54, 1.807) is 41.8 Å². The molecule has 0 spiro atoms. The molecule has 0 atom stereocenters. The molecule has 1 aromatic heterocycles. The zero-order valence-electron chi connectivity index (χ0n) is 23.9. The molecule has 4 aromatic rings. The zero-order valence-corrected chi connectivity index (χ0v) is 23.9. The van der Waals surface area contributed by atoms with Crippen LogP contribution < -0.4 is 9.47 Å². The third kappa shape index (κ3) is 7.97. The molecule has 44 heavy (non-hydrogen) atoms. The van der Waals surface area contributed by atoms with Gasteiger partial charge in [0.15, 0.2) is 17.4 Å². The van der Waals surface area contributed by atoms with E-state index < -0.39 is 41.0 Å². The summed E-state index contributed by atoms with van der Waals surface area (Å²) in [7, 11) is 0. The van der Waals surface area contributed by atoms with Gasteiger partial charge >= 0.3 is 11.9 Å². The van der Waals surface area contributed by atoms with Crippen molar-refractivity contribution in [3.05, 3.63) is 94.2 Å². The summed E-state index contributed by atoms with van der Waals surface area (Å²) in [5.41, 5.74) is 3.02. The lowest BCUT2D eigenvalue weighted by atomic mass is 10.0. The number of aryl methyl sites for hydroxylation is 1. The van der Waals surface area contributed by atoms with E-state index in [0.717, 1.165) is 5.56 Å². The molecule has 3 aromatic carbocycles. The maximum Gasteiger partial charge on any atom is 0.323 e. The fourth-order valence-electron chi connectivity index (χ4n) is 4.96. The second kappa shape index (κ2) is 14.6. The molecule has 232 valence electrons. The standard InChI is InChI=1S/C33H31F4NO6/c1-20-25(5-4-6-29(39)40)31-26(35)14-11-22(32(31)38(20)19-30(41)42)10-7-21-8-12-24(13-9-21)43-15-2-3-16-44-33-27(36)17-23(34)18-28(33)37/h7-14,17-18H,2-6,15-16,19H2,1H3,(H,39,40)(H,41,42)/b10-7+. The largest absolute Gasteiger partial charge is 0.494 e. The van der Waals surface area contributed by atoms with Crippen LogP contribution in [0.3, 0.4) is 0 Å². The van der Waals surface area contributed by atoms with Crippen molar-refractivity contribution in [1.82, 2.24) is 4.57 Å². The van der Waals surface area contributed by atoms with Gasteiger partial charge in [0, 0.05) is 29.6 Å². The highest BCUT2D eigenvalue weighted by Crippen LogP contribution is 2.33. The van der Waals surface area contributed by atoms with Crippen molar-refractivity contribution < 1.29 is 46.8 Å². The van der Waals surface area contributed by atoms with Crippen molar-refractivity contribution >= 4 is 35.0 Å². The first kappa shape index (κ1) is 32.1. The Bertz CT molecular complexity index is 1660. The van der Waals surface area contributed by atoms with Crippen LogP contribution in [0.2, 0.25) is 0 Å². The summed E-state index contributed by atoms with van der Waals surface area (Å²) < 4.78 is 67.7. The number of aromatic nitrogens is 1. The summed E-state index contributed by atoms with van der Waals surface area (Å²) in [6.45, 7) is 1.70. The van der Waals surface area contributed by atoms with Crippen LogP contribution in [0.5, 0.6) is 11.5 Å². The lowest BCUT2D eigenvalue weighted by molar-refractivity contribution is -0.138. The molecular weight excluding hydrogens is 582 g/mol. The fourth-order valence-corrected chi connectivity index (χ4v) is 4.96. The second-order valence-corrected chi connectivity index (χ2v) is 10.2. The van der Waals surface area contributed by atoms with Crippen LogP contribution in [0.25, 0.3) is 23.1 Å². The van der Waals surface area contributed by atoms with Crippen molar-refractivity contribution in [2.24, 2.45) is 0 Å². The van der Waals surface area contributed by atoms with Gasteiger partial charge in [-0.3, -0.25) is 9.59 Å². The summed E-state index contributed by atoms with van der Waals surface area (Å²) in [5, 5.41) is 18.8. The highest BCUT2D eigenvalue weighted by molar-refractivity contribution is 5.95. The van der Waals surface area contributed by atoms with Gasteiger partial charge < -0.3 is 24.3 Å². The summed E-state index contributed by atoms with van der Waals surface area (Å²) >= 11 is 0. The molecule has 0 saturated heterocycles. The minimum absolute atomic E-state index is 0.0302. The van der Waals surface area contributed by atoms with Gasteiger partial charge in [-0.2, -0.15) is 0 Å². The molecule has 0 fully saturated rings. The van der Waals surface area contributed by atoms with Crippen LogP contribution in [-0.2, 0) is 22.6 Å². The summed E-state index contributed by atoms with van der Waals surface area (Å²) in [5.74, 6) is -5.77. The predicted molar refractivity (Wildman–Crippen MR) is 157 cm³/mol. The zero-order chi connectivity index (χ0) is 31.8. The van der Waals surface area contributed by atoms with Crippen molar-refractivity contribution in [1.29, 1.82) is 0 Å². The predicted octanol–water partition coefficient (Wildman–Crippen LogP) is 7.41. The molecule has 0 aliphatic rings. The number of fused-ring (bicyclic) bond motifs is 1. The SMILES string of the molecule is Cc1c(CCCC(=O)O)c2c(F)ccc(/C=C/c3ccc(OCCCCOc4c(F)cc(F)cc4F)cc3)c2n1CC(=O)O. The molecule has 4 rings (SSSR count). The monoisotopic (exact) mass is 613 g/mol. The maximum atomic E-state index is 15.1. The number of aliphatic carboxylic acids is 2. The molecule has 0 amide bonds. The number of benzene rings is 3. The third-order valence-electron chi connectivity index (χ3n) is 7.03. The number of hydrogen-bond donors (Lipinski definition) is 2. The number of carboxylic acids is 2. The first-order valence-electron chi connectivity index (χ1n) is 14.0. The van der Waals surface area contributed by atoms with E-state index in [4.69, 9.17) is 14.6 Å². The Morgan fingerprint density at radius 3 is 2.11 bits per heavy atom. The lowest BCUT2D eigenvalue weighted by Crippen LogP contribution is -2.10. The molecule has 0 bridgehead atoms. The third-order valence-corrected chi connectivity index (χ3v) is 7.03. The molecule has 0 radical (unpaired) electrons. The maximum absolute atomic E-state index is 15.1. The van der Waals surface area contributed by atoms with E-state index in [9.17, 15) is 27.9 Å². The summed E-state index contributed by atoms with van der Waals surface area (Å²) in [6.07, 6.45) is 5.07. The lowest BCUT2D eigenvalue weighted by Gasteiger charge is -2.09.